The number of rotatable bonds is 2. The Hall–Kier alpha value is -0.870. The van der Waals surface area contributed by atoms with Crippen molar-refractivity contribution in [3.05, 3.63) is 16.3 Å². The molecule has 1 aromatic heterocycles. The summed E-state index contributed by atoms with van der Waals surface area (Å²) in [6, 6.07) is 2.53. The van der Waals surface area contributed by atoms with Crippen molar-refractivity contribution >= 4 is 23.3 Å². The van der Waals surface area contributed by atoms with Gasteiger partial charge in [0.05, 0.1) is 23.6 Å². The van der Waals surface area contributed by atoms with Crippen molar-refractivity contribution in [3.63, 3.8) is 0 Å². The molecule has 0 aromatic carbocycles. The normalized spacial score (nSPS) is 28.8. The number of fused-ring (bicyclic) bond motifs is 1. The SMILES string of the molecule is O=Cc1cc(N2CCOC3CCCCC32)cs1. The first-order valence-electron chi connectivity index (χ1n) is 6.30. The summed E-state index contributed by atoms with van der Waals surface area (Å²) in [7, 11) is 0. The molecule has 3 rings (SSSR count). The lowest BCUT2D eigenvalue weighted by Gasteiger charge is -2.44. The number of ether oxygens (including phenoxy) is 1. The predicted molar refractivity (Wildman–Crippen MR) is 69.0 cm³/mol. The maximum atomic E-state index is 10.8. The van der Waals surface area contributed by atoms with Gasteiger partial charge in [-0.15, -0.1) is 11.3 Å². The second-order valence-corrected chi connectivity index (χ2v) is 5.72. The molecule has 17 heavy (non-hydrogen) atoms. The first-order chi connectivity index (χ1) is 8.38. The maximum absolute atomic E-state index is 10.8. The first kappa shape index (κ1) is 11.2. The zero-order valence-electron chi connectivity index (χ0n) is 9.80. The molecule has 1 aliphatic heterocycles. The third-order valence-corrected chi connectivity index (χ3v) is 4.63. The van der Waals surface area contributed by atoms with Crippen molar-refractivity contribution in [1.82, 2.24) is 0 Å². The summed E-state index contributed by atoms with van der Waals surface area (Å²) in [4.78, 5) is 14.0. The molecule has 1 aliphatic carbocycles. The summed E-state index contributed by atoms with van der Waals surface area (Å²) in [5.74, 6) is 0. The number of carbonyl (C=O) groups is 1. The molecule has 0 bridgehead atoms. The van der Waals surface area contributed by atoms with Gasteiger partial charge in [-0.1, -0.05) is 12.8 Å². The molecule has 3 nitrogen and oxygen atoms in total. The Morgan fingerprint density at radius 1 is 1.41 bits per heavy atom. The number of nitrogens with zero attached hydrogens (tertiary/aromatic N) is 1. The number of hydrogen-bond acceptors (Lipinski definition) is 4. The van der Waals surface area contributed by atoms with Gasteiger partial charge in [0.25, 0.3) is 0 Å². The van der Waals surface area contributed by atoms with Gasteiger partial charge in [0, 0.05) is 17.6 Å². The first-order valence-corrected chi connectivity index (χ1v) is 7.18. The van der Waals surface area contributed by atoms with Crippen LogP contribution in [0.5, 0.6) is 0 Å². The van der Waals surface area contributed by atoms with E-state index in [1.165, 1.54) is 42.7 Å². The number of thiophene rings is 1. The summed E-state index contributed by atoms with van der Waals surface area (Å²) in [6.45, 7) is 1.77. The summed E-state index contributed by atoms with van der Waals surface area (Å²) < 4.78 is 5.86. The van der Waals surface area contributed by atoms with Gasteiger partial charge in [-0.3, -0.25) is 4.79 Å². The van der Waals surface area contributed by atoms with Crippen molar-refractivity contribution in [2.75, 3.05) is 18.1 Å². The highest BCUT2D eigenvalue weighted by atomic mass is 32.1. The van der Waals surface area contributed by atoms with Crippen LogP contribution in [0.25, 0.3) is 0 Å². The standard InChI is InChI=1S/C13H17NO2S/c15-8-11-7-10(9-17-11)14-5-6-16-13-4-2-1-3-12(13)14/h7-9,12-13H,1-6H2. The molecular weight excluding hydrogens is 234 g/mol. The lowest BCUT2D eigenvalue weighted by atomic mass is 9.90. The fourth-order valence-corrected chi connectivity index (χ4v) is 3.68. The second kappa shape index (κ2) is 4.78. The minimum Gasteiger partial charge on any atom is -0.374 e. The molecule has 2 heterocycles. The second-order valence-electron chi connectivity index (χ2n) is 4.78. The van der Waals surface area contributed by atoms with Gasteiger partial charge in [-0.2, -0.15) is 0 Å². The number of morpholine rings is 1. The molecule has 0 radical (unpaired) electrons. The zero-order valence-corrected chi connectivity index (χ0v) is 10.6. The Bertz CT molecular complexity index is 402. The van der Waals surface area contributed by atoms with E-state index in [2.05, 4.69) is 10.3 Å². The molecule has 2 atom stereocenters. The summed E-state index contributed by atoms with van der Waals surface area (Å²) in [5.41, 5.74) is 1.21. The van der Waals surface area contributed by atoms with Gasteiger partial charge in [-0.05, 0) is 18.9 Å². The number of hydrogen-bond donors (Lipinski definition) is 0. The van der Waals surface area contributed by atoms with E-state index in [0.29, 0.717) is 12.1 Å². The maximum Gasteiger partial charge on any atom is 0.160 e. The van der Waals surface area contributed by atoms with E-state index in [1.54, 1.807) is 0 Å². The van der Waals surface area contributed by atoms with E-state index in [9.17, 15) is 4.79 Å². The fourth-order valence-electron chi connectivity index (χ4n) is 2.97. The number of carbonyl (C=O) groups excluding carboxylic acids is 1. The van der Waals surface area contributed by atoms with E-state index in [1.807, 2.05) is 6.07 Å². The third-order valence-electron chi connectivity index (χ3n) is 3.79. The van der Waals surface area contributed by atoms with Gasteiger partial charge in [0.15, 0.2) is 6.29 Å². The van der Waals surface area contributed by atoms with Crippen LogP contribution in [0.3, 0.4) is 0 Å². The summed E-state index contributed by atoms with van der Waals surface area (Å²) in [5, 5.41) is 2.10. The van der Waals surface area contributed by atoms with Crippen LogP contribution in [0.1, 0.15) is 35.4 Å². The van der Waals surface area contributed by atoms with E-state index >= 15 is 0 Å². The van der Waals surface area contributed by atoms with Crippen LogP contribution < -0.4 is 4.90 Å². The van der Waals surface area contributed by atoms with Crippen molar-refractivity contribution < 1.29 is 9.53 Å². The highest BCUT2D eigenvalue weighted by molar-refractivity contribution is 7.12. The Morgan fingerprint density at radius 2 is 2.29 bits per heavy atom. The molecule has 0 N–H and O–H groups in total. The molecule has 0 amide bonds. The predicted octanol–water partition coefficient (Wildman–Crippen LogP) is 2.71. The zero-order chi connectivity index (χ0) is 11.7. The smallest absolute Gasteiger partial charge is 0.160 e. The van der Waals surface area contributed by atoms with Crippen LogP contribution in [0, 0.1) is 0 Å². The highest BCUT2D eigenvalue weighted by Crippen LogP contribution is 2.33. The largest absolute Gasteiger partial charge is 0.374 e. The van der Waals surface area contributed by atoms with Crippen LogP contribution in [-0.4, -0.2) is 31.6 Å². The Kier molecular flexibility index (Phi) is 3.16. The Labute approximate surface area is 105 Å². The Balaban J connectivity index is 1.82. The van der Waals surface area contributed by atoms with Gasteiger partial charge in [0.2, 0.25) is 0 Å². The van der Waals surface area contributed by atoms with Crippen molar-refractivity contribution in [3.8, 4) is 0 Å². The number of aldehydes is 1. The van der Waals surface area contributed by atoms with Crippen LogP contribution >= 0.6 is 11.3 Å². The minimum atomic E-state index is 0.400. The molecular formula is C13H17NO2S. The molecule has 4 heteroatoms. The molecule has 1 aromatic rings. The van der Waals surface area contributed by atoms with E-state index in [0.717, 1.165) is 24.3 Å². The Morgan fingerprint density at radius 3 is 3.12 bits per heavy atom. The summed E-state index contributed by atoms with van der Waals surface area (Å²) >= 11 is 1.53. The lowest BCUT2D eigenvalue weighted by Crippen LogP contribution is -2.52. The average molecular weight is 251 g/mol. The molecule has 2 unspecified atom stereocenters. The molecule has 1 saturated heterocycles. The van der Waals surface area contributed by atoms with Crippen LogP contribution in [0.4, 0.5) is 5.69 Å². The van der Waals surface area contributed by atoms with E-state index < -0.39 is 0 Å². The van der Waals surface area contributed by atoms with Crippen molar-refractivity contribution in [1.29, 1.82) is 0 Å². The monoisotopic (exact) mass is 251 g/mol. The van der Waals surface area contributed by atoms with Gasteiger partial charge in [-0.25, -0.2) is 0 Å². The molecule has 2 fully saturated rings. The molecule has 0 spiro atoms. The van der Waals surface area contributed by atoms with Gasteiger partial charge in [0.1, 0.15) is 0 Å². The van der Waals surface area contributed by atoms with Crippen LogP contribution in [0.15, 0.2) is 11.4 Å². The minimum absolute atomic E-state index is 0.400. The third kappa shape index (κ3) is 2.11. The van der Waals surface area contributed by atoms with Crippen molar-refractivity contribution in [2.45, 2.75) is 37.8 Å². The van der Waals surface area contributed by atoms with Gasteiger partial charge < -0.3 is 9.64 Å². The summed E-state index contributed by atoms with van der Waals surface area (Å²) in [6.07, 6.45) is 6.33. The molecule has 2 aliphatic rings. The van der Waals surface area contributed by atoms with Crippen LogP contribution in [-0.2, 0) is 4.74 Å². The fraction of sp³-hybridized carbons (Fsp3) is 0.615. The molecule has 92 valence electrons. The van der Waals surface area contributed by atoms with Crippen molar-refractivity contribution in [2.24, 2.45) is 0 Å². The number of anilines is 1. The van der Waals surface area contributed by atoms with Crippen LogP contribution in [0.2, 0.25) is 0 Å². The quantitative estimate of drug-likeness (QED) is 0.757. The van der Waals surface area contributed by atoms with E-state index in [-0.39, 0.29) is 0 Å². The molecule has 1 saturated carbocycles. The topological polar surface area (TPSA) is 29.5 Å². The average Bonchev–Trinajstić information content (AvgIpc) is 2.87. The van der Waals surface area contributed by atoms with Gasteiger partial charge >= 0.3 is 0 Å². The van der Waals surface area contributed by atoms with E-state index in [4.69, 9.17) is 4.74 Å². The highest BCUT2D eigenvalue weighted by Gasteiger charge is 2.34. The lowest BCUT2D eigenvalue weighted by molar-refractivity contribution is -0.00864.